The van der Waals surface area contributed by atoms with Crippen LogP contribution in [0.3, 0.4) is 0 Å². The lowest BCUT2D eigenvalue weighted by Gasteiger charge is -2.15. The van der Waals surface area contributed by atoms with Crippen LogP contribution in [0, 0.1) is 0 Å². The van der Waals surface area contributed by atoms with Crippen molar-refractivity contribution in [2.45, 2.75) is 25.5 Å². The van der Waals surface area contributed by atoms with Gasteiger partial charge in [0, 0.05) is 18.2 Å². The van der Waals surface area contributed by atoms with Crippen molar-refractivity contribution in [3.8, 4) is 0 Å². The van der Waals surface area contributed by atoms with Crippen LogP contribution in [-0.2, 0) is 4.74 Å². The van der Waals surface area contributed by atoms with Crippen molar-refractivity contribution < 1.29 is 4.74 Å². The van der Waals surface area contributed by atoms with Crippen LogP contribution in [0.4, 0.5) is 5.95 Å². The van der Waals surface area contributed by atoms with Gasteiger partial charge >= 0.3 is 0 Å². The molecule has 2 unspecified atom stereocenters. The molecule has 1 aliphatic heterocycles. The van der Waals surface area contributed by atoms with E-state index in [1.807, 2.05) is 30.5 Å². The van der Waals surface area contributed by atoms with Crippen LogP contribution in [0.2, 0.25) is 0 Å². The number of fused-ring (bicyclic) bond motifs is 1. The van der Waals surface area contributed by atoms with Crippen LogP contribution >= 0.6 is 0 Å². The van der Waals surface area contributed by atoms with Gasteiger partial charge in [-0.2, -0.15) is 0 Å². The van der Waals surface area contributed by atoms with E-state index in [0.29, 0.717) is 12.0 Å². The molecule has 1 N–H and O–H groups in total. The quantitative estimate of drug-likeness (QED) is 0.857. The molecule has 0 amide bonds. The molecule has 0 radical (unpaired) electrons. The summed E-state index contributed by atoms with van der Waals surface area (Å²) >= 11 is 0. The van der Waals surface area contributed by atoms with Crippen LogP contribution in [-0.4, -0.2) is 28.7 Å². The fourth-order valence-electron chi connectivity index (χ4n) is 2.13. The Kier molecular flexibility index (Phi) is 2.65. The number of nitrogens with zero attached hydrogens (tertiary/aromatic N) is 2. The lowest BCUT2D eigenvalue weighted by atomic mass is 10.2. The average Bonchev–Trinajstić information content (AvgIpc) is 2.75. The molecule has 17 heavy (non-hydrogen) atoms. The second-order valence-electron chi connectivity index (χ2n) is 4.37. The summed E-state index contributed by atoms with van der Waals surface area (Å²) in [4.78, 5) is 8.82. The molecule has 88 valence electrons. The molecule has 2 heterocycles. The van der Waals surface area contributed by atoms with Crippen LogP contribution in [0.5, 0.6) is 0 Å². The molecule has 0 saturated carbocycles. The molecule has 4 heteroatoms. The summed E-state index contributed by atoms with van der Waals surface area (Å²) in [6.07, 6.45) is 3.09. The Hall–Kier alpha value is -1.68. The summed E-state index contributed by atoms with van der Waals surface area (Å²) in [5, 5.41) is 4.40. The zero-order valence-electron chi connectivity index (χ0n) is 9.76. The summed E-state index contributed by atoms with van der Waals surface area (Å²) < 4.78 is 5.51. The predicted molar refractivity (Wildman–Crippen MR) is 67.0 cm³/mol. The second-order valence-corrected chi connectivity index (χ2v) is 4.37. The van der Waals surface area contributed by atoms with Crippen molar-refractivity contribution in [3.63, 3.8) is 0 Å². The van der Waals surface area contributed by atoms with Crippen molar-refractivity contribution in [2.75, 3.05) is 11.9 Å². The fraction of sp³-hybridized carbons (Fsp3) is 0.385. The zero-order valence-corrected chi connectivity index (χ0v) is 9.76. The van der Waals surface area contributed by atoms with E-state index in [-0.39, 0.29) is 6.10 Å². The molecule has 4 nitrogen and oxygen atoms in total. The van der Waals surface area contributed by atoms with Gasteiger partial charge in [-0.3, -0.25) is 0 Å². The Bertz CT molecular complexity index is 529. The monoisotopic (exact) mass is 229 g/mol. The van der Waals surface area contributed by atoms with Gasteiger partial charge in [-0.25, -0.2) is 9.97 Å². The number of rotatable bonds is 2. The van der Waals surface area contributed by atoms with Crippen molar-refractivity contribution in [1.82, 2.24) is 9.97 Å². The third-order valence-corrected chi connectivity index (χ3v) is 3.18. The van der Waals surface area contributed by atoms with Crippen molar-refractivity contribution in [2.24, 2.45) is 0 Å². The van der Waals surface area contributed by atoms with Crippen molar-refractivity contribution in [1.29, 1.82) is 0 Å². The normalized spacial score (nSPS) is 24.1. The lowest BCUT2D eigenvalue weighted by Crippen LogP contribution is -2.27. The number of hydrogen-bond acceptors (Lipinski definition) is 4. The Morgan fingerprint density at radius 1 is 1.35 bits per heavy atom. The minimum atomic E-state index is 0.227. The molecule has 1 aromatic carbocycles. The van der Waals surface area contributed by atoms with Crippen molar-refractivity contribution >= 4 is 16.9 Å². The van der Waals surface area contributed by atoms with Gasteiger partial charge in [0.15, 0.2) is 0 Å². The van der Waals surface area contributed by atoms with Crippen LogP contribution in [0.25, 0.3) is 10.9 Å². The number of nitrogens with one attached hydrogen (secondary N) is 1. The fourth-order valence-corrected chi connectivity index (χ4v) is 2.13. The SMILES string of the molecule is CC1OCCC1Nc1ncc2ccccc2n1. The highest BCUT2D eigenvalue weighted by Gasteiger charge is 2.24. The first-order chi connectivity index (χ1) is 8.33. The number of aromatic nitrogens is 2. The highest BCUT2D eigenvalue weighted by molar-refractivity contribution is 5.78. The Morgan fingerprint density at radius 3 is 3.06 bits per heavy atom. The first-order valence-corrected chi connectivity index (χ1v) is 5.93. The molecule has 2 atom stereocenters. The average molecular weight is 229 g/mol. The van der Waals surface area contributed by atoms with Gasteiger partial charge in [-0.1, -0.05) is 18.2 Å². The topological polar surface area (TPSA) is 47.0 Å². The third-order valence-electron chi connectivity index (χ3n) is 3.18. The van der Waals surface area contributed by atoms with Gasteiger partial charge in [0.25, 0.3) is 0 Å². The molecule has 0 spiro atoms. The largest absolute Gasteiger partial charge is 0.376 e. The van der Waals surface area contributed by atoms with E-state index in [9.17, 15) is 0 Å². The van der Waals surface area contributed by atoms with E-state index in [4.69, 9.17) is 4.74 Å². The van der Waals surface area contributed by atoms with Gasteiger partial charge in [-0.05, 0) is 19.4 Å². The van der Waals surface area contributed by atoms with Crippen LogP contribution in [0.1, 0.15) is 13.3 Å². The standard InChI is InChI=1S/C13H15N3O/c1-9-11(6-7-17-9)15-13-14-8-10-4-2-3-5-12(10)16-13/h2-5,8-9,11H,6-7H2,1H3,(H,14,15,16). The molecule has 3 rings (SSSR count). The first-order valence-electron chi connectivity index (χ1n) is 5.93. The van der Waals surface area contributed by atoms with Gasteiger partial charge in [0.1, 0.15) is 0 Å². The molecule has 1 saturated heterocycles. The minimum absolute atomic E-state index is 0.227. The number of ether oxygens (including phenoxy) is 1. The Morgan fingerprint density at radius 2 is 2.24 bits per heavy atom. The van der Waals surface area contributed by atoms with E-state index < -0.39 is 0 Å². The molecular formula is C13H15N3O. The van der Waals surface area contributed by atoms with Gasteiger partial charge in [0.05, 0.1) is 17.7 Å². The molecule has 0 aliphatic carbocycles. The van der Waals surface area contributed by atoms with E-state index in [2.05, 4.69) is 22.2 Å². The Labute approximate surface area is 100 Å². The predicted octanol–water partition coefficient (Wildman–Crippen LogP) is 2.22. The highest BCUT2D eigenvalue weighted by atomic mass is 16.5. The number of anilines is 1. The highest BCUT2D eigenvalue weighted by Crippen LogP contribution is 2.18. The zero-order chi connectivity index (χ0) is 11.7. The third kappa shape index (κ3) is 2.08. The van der Waals surface area contributed by atoms with Crippen LogP contribution in [0.15, 0.2) is 30.5 Å². The maximum atomic E-state index is 5.51. The van der Waals surface area contributed by atoms with E-state index in [1.54, 1.807) is 0 Å². The van der Waals surface area contributed by atoms with Crippen LogP contribution < -0.4 is 5.32 Å². The molecule has 2 aromatic rings. The van der Waals surface area contributed by atoms with Crippen molar-refractivity contribution in [3.05, 3.63) is 30.5 Å². The maximum Gasteiger partial charge on any atom is 0.223 e. The summed E-state index contributed by atoms with van der Waals surface area (Å²) in [6.45, 7) is 2.89. The van der Waals surface area contributed by atoms with Gasteiger partial charge in [-0.15, -0.1) is 0 Å². The maximum absolute atomic E-state index is 5.51. The summed E-state index contributed by atoms with van der Waals surface area (Å²) in [7, 11) is 0. The molecule has 0 bridgehead atoms. The molecule has 1 aliphatic rings. The van der Waals surface area contributed by atoms with E-state index in [1.165, 1.54) is 0 Å². The molecular weight excluding hydrogens is 214 g/mol. The van der Waals surface area contributed by atoms with E-state index >= 15 is 0 Å². The summed E-state index contributed by atoms with van der Waals surface area (Å²) in [5.74, 6) is 0.686. The smallest absolute Gasteiger partial charge is 0.223 e. The molecule has 1 aromatic heterocycles. The number of hydrogen-bond donors (Lipinski definition) is 1. The number of benzene rings is 1. The Balaban J connectivity index is 1.85. The van der Waals surface area contributed by atoms with Gasteiger partial charge < -0.3 is 10.1 Å². The van der Waals surface area contributed by atoms with Gasteiger partial charge in [0.2, 0.25) is 5.95 Å². The first kappa shape index (κ1) is 10.5. The second kappa shape index (κ2) is 4.30. The minimum Gasteiger partial charge on any atom is -0.376 e. The van der Waals surface area contributed by atoms with E-state index in [0.717, 1.165) is 23.9 Å². The summed E-state index contributed by atoms with van der Waals surface area (Å²) in [5.41, 5.74) is 0.969. The lowest BCUT2D eigenvalue weighted by molar-refractivity contribution is 0.121. The number of para-hydroxylation sites is 1. The molecule has 1 fully saturated rings. The summed E-state index contributed by atoms with van der Waals surface area (Å²) in [6, 6.07) is 8.31.